The molecule has 2 aliphatic rings. The van der Waals surface area contributed by atoms with Crippen LogP contribution in [0.1, 0.15) is 12.8 Å². The summed E-state index contributed by atoms with van der Waals surface area (Å²) in [6.07, 6.45) is 1.36. The third-order valence-corrected chi connectivity index (χ3v) is 5.77. The van der Waals surface area contributed by atoms with Gasteiger partial charge in [-0.25, -0.2) is 4.68 Å². The van der Waals surface area contributed by atoms with Gasteiger partial charge in [0, 0.05) is 24.3 Å². The van der Waals surface area contributed by atoms with Gasteiger partial charge in [-0.3, -0.25) is 9.47 Å². The first-order valence-corrected chi connectivity index (χ1v) is 10.2. The molecule has 1 aromatic heterocycles. The number of fused-ring (bicyclic) bond motifs is 1. The molecule has 0 saturated carbocycles. The molecule has 1 saturated heterocycles. The third-order valence-electron chi connectivity index (χ3n) is 5.38. The zero-order chi connectivity index (χ0) is 19.8. The first-order valence-electron chi connectivity index (χ1n) is 9.75. The Hall–Kier alpha value is -2.68. The van der Waals surface area contributed by atoms with Crippen molar-refractivity contribution in [3.05, 3.63) is 53.3 Å². The van der Waals surface area contributed by atoms with Crippen LogP contribution in [0.3, 0.4) is 0 Å². The summed E-state index contributed by atoms with van der Waals surface area (Å²) in [7, 11) is 0. The first kappa shape index (κ1) is 18.4. The summed E-state index contributed by atoms with van der Waals surface area (Å²) in [5.74, 6) is 2.22. The van der Waals surface area contributed by atoms with Gasteiger partial charge in [0.25, 0.3) is 0 Å². The van der Waals surface area contributed by atoms with E-state index in [4.69, 9.17) is 26.8 Å². The Balaban J connectivity index is 1.57. The summed E-state index contributed by atoms with van der Waals surface area (Å²) in [5, 5.41) is 14.6. The van der Waals surface area contributed by atoms with E-state index >= 15 is 0 Å². The highest BCUT2D eigenvalue weighted by atomic mass is 32.1. The second-order valence-corrected chi connectivity index (χ2v) is 7.70. The summed E-state index contributed by atoms with van der Waals surface area (Å²) >= 11 is 5.82. The number of benzene rings is 2. The van der Waals surface area contributed by atoms with Gasteiger partial charge in [0.15, 0.2) is 17.3 Å². The number of likely N-dealkylation sites (tertiary alicyclic amines) is 1. The highest BCUT2D eigenvalue weighted by Gasteiger charge is 2.22. The summed E-state index contributed by atoms with van der Waals surface area (Å²) < 4.78 is 15.5. The van der Waals surface area contributed by atoms with Gasteiger partial charge in [-0.2, -0.15) is 0 Å². The van der Waals surface area contributed by atoms with E-state index in [1.165, 1.54) is 0 Å². The number of aliphatic hydroxyl groups excluding tert-OH is 1. The van der Waals surface area contributed by atoms with E-state index in [2.05, 4.69) is 4.90 Å². The molecule has 1 fully saturated rings. The van der Waals surface area contributed by atoms with Crippen molar-refractivity contribution < 1.29 is 14.6 Å². The maximum Gasteiger partial charge on any atom is 0.231 e. The Kier molecular flexibility index (Phi) is 4.83. The van der Waals surface area contributed by atoms with Crippen LogP contribution in [-0.2, 0) is 6.67 Å². The van der Waals surface area contributed by atoms with Crippen LogP contribution < -0.4 is 9.47 Å². The van der Waals surface area contributed by atoms with Crippen LogP contribution >= 0.6 is 12.2 Å². The quantitative estimate of drug-likeness (QED) is 0.667. The molecule has 8 heteroatoms. The molecule has 5 rings (SSSR count). The number of hydrogen-bond donors (Lipinski definition) is 1. The standard InChI is InChI=1S/C21H22N4O3S/c26-17-8-10-23(11-9-17)13-24-21(29)25(16-4-2-1-3-5-16)20(22-24)15-6-7-18-19(12-15)28-14-27-18/h1-7,12,17,26H,8-11,13-14H2. The highest BCUT2D eigenvalue weighted by Crippen LogP contribution is 2.36. The fourth-order valence-corrected chi connectivity index (χ4v) is 4.07. The minimum atomic E-state index is -0.203. The summed E-state index contributed by atoms with van der Waals surface area (Å²) in [6, 6.07) is 15.8. The minimum Gasteiger partial charge on any atom is -0.454 e. The fraction of sp³-hybridized carbons (Fsp3) is 0.333. The number of ether oxygens (including phenoxy) is 2. The van der Waals surface area contributed by atoms with E-state index in [0.717, 1.165) is 48.8 Å². The molecular weight excluding hydrogens is 388 g/mol. The molecule has 3 heterocycles. The van der Waals surface area contributed by atoms with Crippen molar-refractivity contribution in [3.63, 3.8) is 0 Å². The van der Waals surface area contributed by atoms with E-state index < -0.39 is 0 Å². The van der Waals surface area contributed by atoms with Crippen molar-refractivity contribution in [2.24, 2.45) is 0 Å². The zero-order valence-corrected chi connectivity index (χ0v) is 16.7. The summed E-state index contributed by atoms with van der Waals surface area (Å²) in [6.45, 7) is 2.50. The topological polar surface area (TPSA) is 64.7 Å². The number of rotatable bonds is 4. The monoisotopic (exact) mass is 410 g/mol. The SMILES string of the molecule is OC1CCN(Cn2nc(-c3ccc4c(c3)OCO4)n(-c3ccccc3)c2=S)CC1. The highest BCUT2D eigenvalue weighted by molar-refractivity contribution is 7.71. The largest absolute Gasteiger partial charge is 0.454 e. The molecule has 2 aromatic carbocycles. The number of hydrogen-bond acceptors (Lipinski definition) is 6. The van der Waals surface area contributed by atoms with Crippen LogP contribution in [0.25, 0.3) is 17.1 Å². The number of aromatic nitrogens is 3. The molecule has 7 nitrogen and oxygen atoms in total. The zero-order valence-electron chi connectivity index (χ0n) is 15.9. The van der Waals surface area contributed by atoms with Gasteiger partial charge in [-0.1, -0.05) is 18.2 Å². The van der Waals surface area contributed by atoms with Crippen LogP contribution in [0.4, 0.5) is 0 Å². The second-order valence-electron chi connectivity index (χ2n) is 7.34. The van der Waals surface area contributed by atoms with Crippen molar-refractivity contribution in [2.75, 3.05) is 19.9 Å². The molecule has 2 aliphatic heterocycles. The number of aliphatic hydroxyl groups is 1. The Morgan fingerprint density at radius 2 is 1.79 bits per heavy atom. The van der Waals surface area contributed by atoms with Crippen LogP contribution in [0.2, 0.25) is 0 Å². The molecule has 0 unspecified atom stereocenters. The van der Waals surface area contributed by atoms with Crippen LogP contribution in [-0.4, -0.2) is 50.3 Å². The van der Waals surface area contributed by atoms with E-state index in [0.29, 0.717) is 17.2 Å². The van der Waals surface area contributed by atoms with Crippen molar-refractivity contribution in [2.45, 2.75) is 25.6 Å². The predicted octanol–water partition coefficient (Wildman–Crippen LogP) is 3.21. The molecule has 0 radical (unpaired) electrons. The molecule has 0 aliphatic carbocycles. The minimum absolute atomic E-state index is 0.203. The van der Waals surface area contributed by atoms with Gasteiger partial charge < -0.3 is 14.6 Å². The van der Waals surface area contributed by atoms with Gasteiger partial charge in [0.05, 0.1) is 12.8 Å². The van der Waals surface area contributed by atoms with Crippen LogP contribution in [0, 0.1) is 4.77 Å². The number of nitrogens with zero attached hydrogens (tertiary/aromatic N) is 4. The number of para-hydroxylation sites is 1. The molecular formula is C21H22N4O3S. The second kappa shape index (κ2) is 7.62. The van der Waals surface area contributed by atoms with Gasteiger partial charge in [0.1, 0.15) is 0 Å². The van der Waals surface area contributed by atoms with E-state index in [9.17, 15) is 5.11 Å². The third kappa shape index (κ3) is 3.55. The van der Waals surface area contributed by atoms with Crippen LogP contribution in [0.15, 0.2) is 48.5 Å². The molecule has 0 amide bonds. The fourth-order valence-electron chi connectivity index (χ4n) is 3.78. The Morgan fingerprint density at radius 1 is 1.03 bits per heavy atom. The average molecular weight is 410 g/mol. The summed E-state index contributed by atoms with van der Waals surface area (Å²) in [4.78, 5) is 2.27. The van der Waals surface area contributed by atoms with Crippen molar-refractivity contribution in [1.82, 2.24) is 19.2 Å². The summed E-state index contributed by atoms with van der Waals surface area (Å²) in [5.41, 5.74) is 1.88. The maximum atomic E-state index is 9.77. The van der Waals surface area contributed by atoms with Gasteiger partial charge in [-0.15, -0.1) is 5.10 Å². The lowest BCUT2D eigenvalue weighted by molar-refractivity contribution is 0.0651. The van der Waals surface area contributed by atoms with Gasteiger partial charge in [0.2, 0.25) is 11.6 Å². The lowest BCUT2D eigenvalue weighted by Gasteiger charge is -2.28. The maximum absolute atomic E-state index is 9.77. The van der Waals surface area contributed by atoms with Crippen molar-refractivity contribution in [3.8, 4) is 28.6 Å². The van der Waals surface area contributed by atoms with Crippen molar-refractivity contribution >= 4 is 12.2 Å². The molecule has 29 heavy (non-hydrogen) atoms. The predicted molar refractivity (Wildman–Crippen MR) is 111 cm³/mol. The van der Waals surface area contributed by atoms with E-state index in [1.807, 2.05) is 57.8 Å². The van der Waals surface area contributed by atoms with E-state index in [-0.39, 0.29) is 12.9 Å². The normalized spacial score (nSPS) is 17.0. The number of piperidine rings is 1. The van der Waals surface area contributed by atoms with Gasteiger partial charge in [-0.05, 0) is 55.4 Å². The molecule has 150 valence electrons. The molecule has 0 spiro atoms. The Bertz CT molecular complexity index is 1070. The average Bonchev–Trinajstić information content (AvgIpc) is 3.34. The van der Waals surface area contributed by atoms with E-state index in [1.54, 1.807) is 0 Å². The Morgan fingerprint density at radius 3 is 2.59 bits per heavy atom. The lowest BCUT2D eigenvalue weighted by atomic mass is 10.1. The van der Waals surface area contributed by atoms with Gasteiger partial charge >= 0.3 is 0 Å². The van der Waals surface area contributed by atoms with Crippen LogP contribution in [0.5, 0.6) is 11.5 Å². The first-order chi connectivity index (χ1) is 14.2. The smallest absolute Gasteiger partial charge is 0.231 e. The molecule has 0 atom stereocenters. The molecule has 3 aromatic rings. The Labute approximate surface area is 173 Å². The lowest BCUT2D eigenvalue weighted by Crippen LogP contribution is -2.37. The molecule has 1 N–H and O–H groups in total. The van der Waals surface area contributed by atoms with Crippen molar-refractivity contribution in [1.29, 1.82) is 0 Å². The molecule has 0 bridgehead atoms.